The number of anilines is 1. The monoisotopic (exact) mass is 335 g/mol. The number of carbonyl (C=O) groups is 1. The number of pyridine rings is 1. The predicted octanol–water partition coefficient (Wildman–Crippen LogP) is 4.79. The second-order valence-corrected chi connectivity index (χ2v) is 6.15. The molecule has 0 aliphatic rings. The molecular formula is C20H21N3O2. The van der Waals surface area contributed by atoms with Crippen molar-refractivity contribution in [2.24, 2.45) is 0 Å². The summed E-state index contributed by atoms with van der Waals surface area (Å²) in [5, 5.41) is 5.66. The van der Waals surface area contributed by atoms with Crippen molar-refractivity contribution < 1.29 is 9.21 Å². The quantitative estimate of drug-likeness (QED) is 0.704. The van der Waals surface area contributed by atoms with Gasteiger partial charge in [-0.05, 0) is 41.3 Å². The summed E-state index contributed by atoms with van der Waals surface area (Å²) in [5.41, 5.74) is 4.72. The first-order valence-electron chi connectivity index (χ1n) is 8.24. The molecule has 3 rings (SSSR count). The zero-order valence-corrected chi connectivity index (χ0v) is 14.3. The number of rotatable bonds is 5. The van der Waals surface area contributed by atoms with Crippen molar-refractivity contribution in [3.05, 3.63) is 72.3 Å². The van der Waals surface area contributed by atoms with Crippen LogP contribution in [0.3, 0.4) is 0 Å². The lowest BCUT2D eigenvalue weighted by atomic mass is 10.0. The number of amides is 2. The Morgan fingerprint density at radius 1 is 1.12 bits per heavy atom. The third kappa shape index (κ3) is 4.47. The molecule has 0 aliphatic heterocycles. The molecule has 0 spiro atoms. The third-order valence-corrected chi connectivity index (χ3v) is 3.93. The topological polar surface area (TPSA) is 67.2 Å². The molecule has 3 aromatic rings. The lowest BCUT2D eigenvalue weighted by Crippen LogP contribution is -2.28. The second kappa shape index (κ2) is 7.66. The highest BCUT2D eigenvalue weighted by atomic mass is 16.3. The lowest BCUT2D eigenvalue weighted by molar-refractivity contribution is 0.251. The number of nitrogens with zero attached hydrogens (tertiary/aromatic N) is 1. The first-order chi connectivity index (χ1) is 12.1. The van der Waals surface area contributed by atoms with E-state index in [1.54, 1.807) is 18.7 Å². The van der Waals surface area contributed by atoms with Crippen molar-refractivity contribution in [1.82, 2.24) is 10.3 Å². The van der Waals surface area contributed by atoms with Crippen LogP contribution in [0.2, 0.25) is 0 Å². The summed E-state index contributed by atoms with van der Waals surface area (Å²) in [6, 6.07) is 13.3. The maximum Gasteiger partial charge on any atom is 0.319 e. The summed E-state index contributed by atoms with van der Waals surface area (Å²) in [5.74, 6) is 0.473. The van der Waals surface area contributed by atoms with Gasteiger partial charge in [-0.1, -0.05) is 32.0 Å². The molecule has 128 valence electrons. The van der Waals surface area contributed by atoms with E-state index in [1.165, 1.54) is 5.56 Å². The van der Waals surface area contributed by atoms with Crippen molar-refractivity contribution in [2.45, 2.75) is 26.3 Å². The van der Waals surface area contributed by atoms with E-state index < -0.39 is 0 Å². The van der Waals surface area contributed by atoms with Gasteiger partial charge < -0.3 is 15.1 Å². The molecule has 0 unspecified atom stereocenters. The molecule has 0 atom stereocenters. The standard InChI is InChI=1S/C20H21N3O2/c1-14(2)16-4-6-18(7-5-16)23-20(24)22-12-15-3-8-19(21-11-15)17-9-10-25-13-17/h3-11,13-14H,12H2,1-2H3,(H2,22,23,24). The molecule has 0 bridgehead atoms. The summed E-state index contributed by atoms with van der Waals surface area (Å²) in [4.78, 5) is 16.4. The van der Waals surface area contributed by atoms with Crippen molar-refractivity contribution in [3.63, 3.8) is 0 Å². The van der Waals surface area contributed by atoms with E-state index in [-0.39, 0.29) is 6.03 Å². The fourth-order valence-corrected chi connectivity index (χ4v) is 2.42. The Kier molecular flexibility index (Phi) is 5.14. The number of hydrogen-bond donors (Lipinski definition) is 2. The largest absolute Gasteiger partial charge is 0.472 e. The Balaban J connectivity index is 1.52. The highest BCUT2D eigenvalue weighted by Crippen LogP contribution is 2.18. The molecule has 2 N–H and O–H groups in total. The molecule has 5 heteroatoms. The number of benzene rings is 1. The Labute approximate surface area is 147 Å². The van der Waals surface area contributed by atoms with Crippen LogP contribution in [0.25, 0.3) is 11.3 Å². The van der Waals surface area contributed by atoms with Crippen molar-refractivity contribution in [2.75, 3.05) is 5.32 Å². The zero-order chi connectivity index (χ0) is 17.6. The Morgan fingerprint density at radius 3 is 2.52 bits per heavy atom. The van der Waals surface area contributed by atoms with Crippen LogP contribution in [0.4, 0.5) is 10.5 Å². The molecule has 0 radical (unpaired) electrons. The van der Waals surface area contributed by atoms with Gasteiger partial charge in [-0.25, -0.2) is 4.79 Å². The van der Waals surface area contributed by atoms with E-state index in [2.05, 4.69) is 29.5 Å². The average Bonchev–Trinajstić information content (AvgIpc) is 3.15. The molecule has 2 heterocycles. The highest BCUT2D eigenvalue weighted by Gasteiger charge is 2.05. The number of carbonyl (C=O) groups excluding carboxylic acids is 1. The van der Waals surface area contributed by atoms with Crippen LogP contribution in [0, 0.1) is 0 Å². The summed E-state index contributed by atoms with van der Waals surface area (Å²) in [6.45, 7) is 4.69. The Hall–Kier alpha value is -3.08. The predicted molar refractivity (Wildman–Crippen MR) is 98.3 cm³/mol. The molecule has 2 aromatic heterocycles. The molecular weight excluding hydrogens is 314 g/mol. The van der Waals surface area contributed by atoms with E-state index >= 15 is 0 Å². The van der Waals surface area contributed by atoms with Crippen LogP contribution in [-0.2, 0) is 6.54 Å². The molecule has 25 heavy (non-hydrogen) atoms. The van der Waals surface area contributed by atoms with Crippen LogP contribution >= 0.6 is 0 Å². The smallest absolute Gasteiger partial charge is 0.319 e. The number of aromatic nitrogens is 1. The third-order valence-electron chi connectivity index (χ3n) is 3.93. The van der Waals surface area contributed by atoms with Gasteiger partial charge >= 0.3 is 6.03 Å². The Bertz CT molecular complexity index is 807. The molecule has 5 nitrogen and oxygen atoms in total. The van der Waals surface area contributed by atoms with Gasteiger partial charge in [-0.3, -0.25) is 4.98 Å². The lowest BCUT2D eigenvalue weighted by Gasteiger charge is -2.10. The van der Waals surface area contributed by atoms with Crippen LogP contribution < -0.4 is 10.6 Å². The van der Waals surface area contributed by atoms with Gasteiger partial charge in [0.15, 0.2) is 0 Å². The van der Waals surface area contributed by atoms with Crippen molar-refractivity contribution >= 4 is 11.7 Å². The number of nitrogens with one attached hydrogen (secondary N) is 2. The van der Waals surface area contributed by atoms with Crippen LogP contribution in [0.5, 0.6) is 0 Å². The molecule has 0 saturated heterocycles. The van der Waals surface area contributed by atoms with Gasteiger partial charge in [0.1, 0.15) is 0 Å². The fourth-order valence-electron chi connectivity index (χ4n) is 2.42. The van der Waals surface area contributed by atoms with E-state index in [4.69, 9.17) is 4.42 Å². The zero-order valence-electron chi connectivity index (χ0n) is 14.3. The minimum absolute atomic E-state index is 0.240. The molecule has 0 aliphatic carbocycles. The van der Waals surface area contributed by atoms with Gasteiger partial charge in [0.25, 0.3) is 0 Å². The first kappa shape index (κ1) is 16.8. The van der Waals surface area contributed by atoms with E-state index in [9.17, 15) is 4.79 Å². The number of urea groups is 1. The summed E-state index contributed by atoms with van der Waals surface area (Å²) < 4.78 is 5.05. The van der Waals surface area contributed by atoms with Gasteiger partial charge in [0, 0.05) is 24.0 Å². The first-order valence-corrected chi connectivity index (χ1v) is 8.24. The van der Waals surface area contributed by atoms with Gasteiger partial charge in [0.2, 0.25) is 0 Å². The molecule has 1 aromatic carbocycles. The van der Waals surface area contributed by atoms with E-state index in [1.807, 2.05) is 42.5 Å². The van der Waals surface area contributed by atoms with Gasteiger partial charge in [-0.15, -0.1) is 0 Å². The molecule has 0 saturated carbocycles. The van der Waals surface area contributed by atoms with Crippen LogP contribution in [0.15, 0.2) is 65.6 Å². The highest BCUT2D eigenvalue weighted by molar-refractivity contribution is 5.89. The maximum atomic E-state index is 12.0. The second-order valence-electron chi connectivity index (χ2n) is 6.15. The minimum atomic E-state index is -0.240. The van der Waals surface area contributed by atoms with Gasteiger partial charge in [-0.2, -0.15) is 0 Å². The van der Waals surface area contributed by atoms with Crippen molar-refractivity contribution in [3.8, 4) is 11.3 Å². The SMILES string of the molecule is CC(C)c1ccc(NC(=O)NCc2ccc(-c3ccoc3)nc2)cc1. The summed E-state index contributed by atoms with van der Waals surface area (Å²) in [7, 11) is 0. The summed E-state index contributed by atoms with van der Waals surface area (Å²) in [6.07, 6.45) is 5.02. The van der Waals surface area contributed by atoms with Gasteiger partial charge in [0.05, 0.1) is 18.2 Å². The molecule has 2 amide bonds. The number of furan rings is 1. The minimum Gasteiger partial charge on any atom is -0.472 e. The average molecular weight is 335 g/mol. The van der Waals surface area contributed by atoms with Crippen molar-refractivity contribution in [1.29, 1.82) is 0 Å². The molecule has 0 fully saturated rings. The van der Waals surface area contributed by atoms with Crippen LogP contribution in [0.1, 0.15) is 30.9 Å². The maximum absolute atomic E-state index is 12.0. The van der Waals surface area contributed by atoms with E-state index in [0.717, 1.165) is 22.5 Å². The fraction of sp³-hybridized carbons (Fsp3) is 0.200. The normalized spacial score (nSPS) is 10.7. The van der Waals surface area contributed by atoms with Crippen LogP contribution in [-0.4, -0.2) is 11.0 Å². The number of hydrogen-bond acceptors (Lipinski definition) is 3. The summed E-state index contributed by atoms with van der Waals surface area (Å²) >= 11 is 0. The van der Waals surface area contributed by atoms with E-state index in [0.29, 0.717) is 12.5 Å². The Morgan fingerprint density at radius 2 is 1.92 bits per heavy atom.